The third kappa shape index (κ3) is 6.59. The lowest BCUT2D eigenvalue weighted by Gasteiger charge is -2.22. The average Bonchev–Trinajstić information content (AvgIpc) is 3.35. The number of nitrogens with zero attached hydrogens (tertiary/aromatic N) is 1. The molecule has 1 unspecified atom stereocenters. The highest BCUT2D eigenvalue weighted by Gasteiger charge is 2.21. The third-order valence-electron chi connectivity index (χ3n) is 6.27. The lowest BCUT2D eigenvalue weighted by Crippen LogP contribution is -2.29. The molecule has 1 atom stereocenters. The van der Waals surface area contributed by atoms with Crippen LogP contribution in [0.3, 0.4) is 0 Å². The second kappa shape index (κ2) is 12.3. The van der Waals surface area contributed by atoms with Gasteiger partial charge in [0.05, 0.1) is 5.56 Å². The quantitative estimate of drug-likeness (QED) is 0.496. The van der Waals surface area contributed by atoms with E-state index in [1.165, 1.54) is 5.56 Å². The van der Waals surface area contributed by atoms with Gasteiger partial charge >= 0.3 is 0 Å². The van der Waals surface area contributed by atoms with Crippen molar-refractivity contribution in [2.24, 2.45) is 5.92 Å². The van der Waals surface area contributed by atoms with Crippen molar-refractivity contribution in [2.75, 3.05) is 29.9 Å². The first-order chi connectivity index (χ1) is 15.6. The number of hydrogen-bond donors (Lipinski definition) is 2. The molecule has 0 spiro atoms. The van der Waals surface area contributed by atoms with Crippen molar-refractivity contribution < 1.29 is 9.59 Å². The van der Waals surface area contributed by atoms with Gasteiger partial charge < -0.3 is 15.5 Å². The topological polar surface area (TPSA) is 61.4 Å². The van der Waals surface area contributed by atoms with Crippen molar-refractivity contribution in [3.8, 4) is 0 Å². The molecule has 1 aliphatic rings. The molecule has 3 rings (SSSR count). The summed E-state index contributed by atoms with van der Waals surface area (Å²) in [5.41, 5.74) is 3.49. The molecule has 1 saturated heterocycles. The number of anilines is 2. The maximum absolute atomic E-state index is 13.1. The van der Waals surface area contributed by atoms with Crippen molar-refractivity contribution in [3.05, 3.63) is 59.7 Å². The summed E-state index contributed by atoms with van der Waals surface area (Å²) < 4.78 is 0. The van der Waals surface area contributed by atoms with E-state index in [1.807, 2.05) is 36.4 Å². The van der Waals surface area contributed by atoms with Gasteiger partial charge in [-0.2, -0.15) is 0 Å². The molecule has 5 heteroatoms. The summed E-state index contributed by atoms with van der Waals surface area (Å²) >= 11 is 0. The van der Waals surface area contributed by atoms with E-state index in [9.17, 15) is 9.59 Å². The molecule has 0 radical (unpaired) electrons. The minimum absolute atomic E-state index is 0.0105. The van der Waals surface area contributed by atoms with Gasteiger partial charge in [-0.05, 0) is 55.9 Å². The third-order valence-corrected chi connectivity index (χ3v) is 6.27. The minimum Gasteiger partial charge on any atom is -0.371 e. The van der Waals surface area contributed by atoms with Crippen LogP contribution in [-0.4, -0.2) is 31.4 Å². The summed E-state index contributed by atoms with van der Waals surface area (Å²) in [5.74, 6) is -0.0291. The number of benzene rings is 2. The minimum atomic E-state index is -0.0862. The summed E-state index contributed by atoms with van der Waals surface area (Å²) in [5, 5.41) is 6.13. The Bertz CT molecular complexity index is 876. The fraction of sp³-hybridized carbons (Fsp3) is 0.481. The first-order valence-corrected chi connectivity index (χ1v) is 12.1. The van der Waals surface area contributed by atoms with Crippen LogP contribution in [0.15, 0.2) is 48.5 Å². The van der Waals surface area contributed by atoms with Crippen molar-refractivity contribution >= 4 is 23.2 Å². The molecular weight excluding hydrogens is 398 g/mol. The van der Waals surface area contributed by atoms with Crippen LogP contribution in [0.5, 0.6) is 0 Å². The molecule has 5 nitrogen and oxygen atoms in total. The number of carbonyl (C=O) groups excluding carboxylic acids is 2. The number of hydrogen-bond acceptors (Lipinski definition) is 3. The summed E-state index contributed by atoms with van der Waals surface area (Å²) in [7, 11) is 0. The molecule has 2 aromatic carbocycles. The van der Waals surface area contributed by atoms with E-state index in [4.69, 9.17) is 0 Å². The Morgan fingerprint density at radius 2 is 1.78 bits per heavy atom. The zero-order valence-electron chi connectivity index (χ0n) is 19.5. The molecular formula is C27H37N3O2. The standard InChI is InChI=1S/C27H37N3O2/c1-3-5-13-22(4-2)26(31)29-23-14-15-25(30-18-9-10-19-30)24(20-23)27(32)28-17-16-21-11-7-6-8-12-21/h6-8,11-12,14-15,20,22H,3-5,9-10,13,16-19H2,1-2H3,(H,28,32)(H,29,31). The molecule has 172 valence electrons. The largest absolute Gasteiger partial charge is 0.371 e. The lowest BCUT2D eigenvalue weighted by molar-refractivity contribution is -0.120. The first-order valence-electron chi connectivity index (χ1n) is 12.1. The van der Waals surface area contributed by atoms with Crippen LogP contribution in [-0.2, 0) is 11.2 Å². The van der Waals surface area contributed by atoms with Crippen LogP contribution in [0, 0.1) is 5.92 Å². The van der Waals surface area contributed by atoms with Gasteiger partial charge in [0.25, 0.3) is 5.91 Å². The zero-order chi connectivity index (χ0) is 22.8. The van der Waals surface area contributed by atoms with Gasteiger partial charge in [0, 0.05) is 36.9 Å². The van der Waals surface area contributed by atoms with Crippen LogP contribution >= 0.6 is 0 Å². The van der Waals surface area contributed by atoms with E-state index in [0.29, 0.717) is 17.8 Å². The number of rotatable bonds is 11. The van der Waals surface area contributed by atoms with E-state index in [-0.39, 0.29) is 17.7 Å². The van der Waals surface area contributed by atoms with E-state index in [1.54, 1.807) is 0 Å². The van der Waals surface area contributed by atoms with Crippen LogP contribution < -0.4 is 15.5 Å². The van der Waals surface area contributed by atoms with Gasteiger partial charge in [0.15, 0.2) is 0 Å². The molecule has 32 heavy (non-hydrogen) atoms. The Morgan fingerprint density at radius 1 is 1.03 bits per heavy atom. The Labute approximate surface area is 192 Å². The van der Waals surface area contributed by atoms with Crippen molar-refractivity contribution in [1.82, 2.24) is 5.32 Å². The maximum Gasteiger partial charge on any atom is 0.253 e. The highest BCUT2D eigenvalue weighted by atomic mass is 16.2. The number of amides is 2. The Balaban J connectivity index is 1.72. The van der Waals surface area contributed by atoms with Crippen molar-refractivity contribution in [2.45, 2.75) is 58.8 Å². The second-order valence-corrected chi connectivity index (χ2v) is 8.65. The maximum atomic E-state index is 13.1. The SMILES string of the molecule is CCCCC(CC)C(=O)Nc1ccc(N2CCCC2)c(C(=O)NCCc2ccccc2)c1. The molecule has 1 fully saturated rings. The van der Waals surface area contributed by atoms with Gasteiger partial charge in [-0.25, -0.2) is 0 Å². The molecule has 0 bridgehead atoms. The number of carbonyl (C=O) groups is 2. The predicted molar refractivity (Wildman–Crippen MR) is 132 cm³/mol. The smallest absolute Gasteiger partial charge is 0.253 e. The monoisotopic (exact) mass is 435 g/mol. The Hall–Kier alpha value is -2.82. The number of nitrogens with one attached hydrogen (secondary N) is 2. The van der Waals surface area contributed by atoms with Gasteiger partial charge in [-0.15, -0.1) is 0 Å². The van der Waals surface area contributed by atoms with E-state index in [2.05, 4.69) is 41.5 Å². The first kappa shape index (κ1) is 23.8. The summed E-state index contributed by atoms with van der Waals surface area (Å²) in [6, 6.07) is 15.9. The molecule has 2 aromatic rings. The molecule has 2 N–H and O–H groups in total. The lowest BCUT2D eigenvalue weighted by atomic mass is 9.98. The molecule has 0 aromatic heterocycles. The van der Waals surface area contributed by atoms with Crippen LogP contribution in [0.2, 0.25) is 0 Å². The van der Waals surface area contributed by atoms with E-state index < -0.39 is 0 Å². The summed E-state index contributed by atoms with van der Waals surface area (Å²) in [6.45, 7) is 6.70. The van der Waals surface area contributed by atoms with E-state index in [0.717, 1.165) is 63.7 Å². The Kier molecular flexibility index (Phi) is 9.14. The summed E-state index contributed by atoms with van der Waals surface area (Å²) in [4.78, 5) is 28.2. The van der Waals surface area contributed by atoms with Crippen LogP contribution in [0.1, 0.15) is 68.3 Å². The molecule has 2 amide bonds. The van der Waals surface area contributed by atoms with Gasteiger partial charge in [0.2, 0.25) is 5.91 Å². The summed E-state index contributed by atoms with van der Waals surface area (Å²) in [6.07, 6.45) is 6.93. The van der Waals surface area contributed by atoms with Gasteiger partial charge in [0.1, 0.15) is 0 Å². The highest BCUT2D eigenvalue weighted by molar-refractivity contribution is 6.02. The predicted octanol–water partition coefficient (Wildman–Crippen LogP) is 5.41. The van der Waals surface area contributed by atoms with Gasteiger partial charge in [-0.1, -0.05) is 57.0 Å². The average molecular weight is 436 g/mol. The van der Waals surface area contributed by atoms with Crippen LogP contribution in [0.25, 0.3) is 0 Å². The van der Waals surface area contributed by atoms with Gasteiger partial charge in [-0.3, -0.25) is 9.59 Å². The Morgan fingerprint density at radius 3 is 2.47 bits per heavy atom. The highest BCUT2D eigenvalue weighted by Crippen LogP contribution is 2.28. The van der Waals surface area contributed by atoms with E-state index >= 15 is 0 Å². The van der Waals surface area contributed by atoms with Crippen LogP contribution in [0.4, 0.5) is 11.4 Å². The van der Waals surface area contributed by atoms with Crippen molar-refractivity contribution in [3.63, 3.8) is 0 Å². The second-order valence-electron chi connectivity index (χ2n) is 8.65. The normalized spacial score (nSPS) is 14.2. The zero-order valence-corrected chi connectivity index (χ0v) is 19.5. The molecule has 0 aliphatic carbocycles. The number of unbranched alkanes of at least 4 members (excludes halogenated alkanes) is 1. The fourth-order valence-corrected chi connectivity index (χ4v) is 4.31. The molecule has 1 aliphatic heterocycles. The van der Waals surface area contributed by atoms with Crippen molar-refractivity contribution in [1.29, 1.82) is 0 Å². The fourth-order valence-electron chi connectivity index (χ4n) is 4.31. The molecule has 1 heterocycles. The molecule has 0 saturated carbocycles.